The number of aromatic hydroxyl groups is 2. The maximum Gasteiger partial charge on any atom is 0.219 e. The zero-order valence-electron chi connectivity index (χ0n) is 20.1. The summed E-state index contributed by atoms with van der Waals surface area (Å²) in [5.41, 5.74) is 1.91. The molecular formula is C29H29NO5S. The van der Waals surface area contributed by atoms with Crippen molar-refractivity contribution in [2.24, 2.45) is 0 Å². The Hall–Kier alpha value is -3.84. The number of phenolic OH excluding ortho intramolecular Hbond substituents is 2. The van der Waals surface area contributed by atoms with E-state index in [4.69, 9.17) is 4.74 Å². The Bertz CT molecular complexity index is 1340. The summed E-state index contributed by atoms with van der Waals surface area (Å²) in [5.74, 6) is 0.892. The Morgan fingerprint density at radius 2 is 1.64 bits per heavy atom. The molecule has 0 unspecified atom stereocenters. The third-order valence-corrected chi connectivity index (χ3v) is 7.02. The normalized spacial score (nSPS) is 10.9. The van der Waals surface area contributed by atoms with E-state index in [-0.39, 0.29) is 23.2 Å². The molecule has 36 heavy (non-hydrogen) atoms. The minimum absolute atomic E-state index is 0.0718. The number of carbonyl (C=O) groups is 2. The fraction of sp³-hybridized carbons (Fsp3) is 0.241. The zero-order valence-corrected chi connectivity index (χ0v) is 20.9. The average molecular weight is 504 g/mol. The van der Waals surface area contributed by atoms with Gasteiger partial charge in [-0.1, -0.05) is 13.3 Å². The van der Waals surface area contributed by atoms with Crippen molar-refractivity contribution in [3.05, 3.63) is 77.9 Å². The van der Waals surface area contributed by atoms with E-state index in [1.54, 1.807) is 66.7 Å². The number of rotatable bonds is 11. The first-order valence-electron chi connectivity index (χ1n) is 12.1. The van der Waals surface area contributed by atoms with Crippen molar-refractivity contribution in [1.29, 1.82) is 0 Å². The molecule has 1 heterocycles. The lowest BCUT2D eigenvalue weighted by atomic mass is 9.97. The number of ether oxygens (including phenoxy) is 1. The maximum absolute atomic E-state index is 13.6. The Kier molecular flexibility index (Phi) is 8.23. The van der Waals surface area contributed by atoms with E-state index >= 15 is 0 Å². The molecule has 0 radical (unpaired) electrons. The number of hydrogen-bond donors (Lipinski definition) is 3. The zero-order chi connectivity index (χ0) is 25.5. The summed E-state index contributed by atoms with van der Waals surface area (Å²) >= 11 is 1.43. The van der Waals surface area contributed by atoms with Crippen LogP contribution in [0.15, 0.2) is 66.7 Å². The summed E-state index contributed by atoms with van der Waals surface area (Å²) in [6.45, 7) is 3.09. The summed E-state index contributed by atoms with van der Waals surface area (Å²) < 4.78 is 6.58. The maximum atomic E-state index is 13.6. The van der Waals surface area contributed by atoms with Gasteiger partial charge in [-0.2, -0.15) is 0 Å². The molecule has 186 valence electrons. The number of hydrogen-bond acceptors (Lipinski definition) is 6. The lowest BCUT2D eigenvalue weighted by Gasteiger charge is -2.09. The van der Waals surface area contributed by atoms with E-state index in [2.05, 4.69) is 12.2 Å². The van der Waals surface area contributed by atoms with Gasteiger partial charge in [0.25, 0.3) is 0 Å². The average Bonchev–Trinajstić information content (AvgIpc) is 3.26. The highest BCUT2D eigenvalue weighted by atomic mass is 32.1. The van der Waals surface area contributed by atoms with Crippen molar-refractivity contribution in [2.45, 2.75) is 32.6 Å². The van der Waals surface area contributed by atoms with Gasteiger partial charge in [-0.15, -0.1) is 11.3 Å². The molecule has 0 aliphatic heterocycles. The van der Waals surface area contributed by atoms with Crippen LogP contribution in [0.5, 0.6) is 17.2 Å². The van der Waals surface area contributed by atoms with Gasteiger partial charge in [0.15, 0.2) is 5.78 Å². The van der Waals surface area contributed by atoms with Gasteiger partial charge in [-0.25, -0.2) is 0 Å². The number of benzene rings is 3. The number of nitrogens with one attached hydrogen (secondary N) is 1. The second-order valence-corrected chi connectivity index (χ2v) is 9.59. The van der Waals surface area contributed by atoms with E-state index in [0.29, 0.717) is 42.9 Å². The van der Waals surface area contributed by atoms with Gasteiger partial charge in [0.1, 0.15) is 17.2 Å². The van der Waals surface area contributed by atoms with Gasteiger partial charge < -0.3 is 20.3 Å². The van der Waals surface area contributed by atoms with Crippen molar-refractivity contribution in [1.82, 2.24) is 5.32 Å². The highest BCUT2D eigenvalue weighted by molar-refractivity contribution is 7.22. The van der Waals surface area contributed by atoms with E-state index in [1.165, 1.54) is 11.3 Å². The molecule has 4 aromatic rings. The van der Waals surface area contributed by atoms with Gasteiger partial charge in [0.2, 0.25) is 5.91 Å². The lowest BCUT2D eigenvalue weighted by molar-refractivity contribution is -0.121. The smallest absolute Gasteiger partial charge is 0.219 e. The van der Waals surface area contributed by atoms with E-state index in [0.717, 1.165) is 33.4 Å². The van der Waals surface area contributed by atoms with Crippen LogP contribution < -0.4 is 10.1 Å². The van der Waals surface area contributed by atoms with E-state index < -0.39 is 0 Å². The SMILES string of the molecule is CCCCC(=O)NCCCOc1ccc(C(=O)c2c(-c3ccc(O)cc3)sc3cc(O)ccc23)cc1. The van der Waals surface area contributed by atoms with Gasteiger partial charge in [0, 0.05) is 39.1 Å². The first-order valence-corrected chi connectivity index (χ1v) is 12.9. The quantitative estimate of drug-likeness (QED) is 0.165. The molecule has 4 rings (SSSR count). The van der Waals surface area contributed by atoms with E-state index in [1.807, 2.05) is 0 Å². The monoisotopic (exact) mass is 503 g/mol. The summed E-state index contributed by atoms with van der Waals surface area (Å²) in [6.07, 6.45) is 3.15. The molecule has 1 amide bonds. The van der Waals surface area contributed by atoms with Gasteiger partial charge in [0.05, 0.1) is 6.61 Å². The Labute approximate surface area is 214 Å². The Morgan fingerprint density at radius 3 is 2.36 bits per heavy atom. The molecule has 0 saturated heterocycles. The molecule has 0 atom stereocenters. The number of phenols is 2. The van der Waals surface area contributed by atoms with Crippen LogP contribution in [0.1, 0.15) is 48.5 Å². The number of carbonyl (C=O) groups excluding carboxylic acids is 2. The molecule has 0 aliphatic rings. The van der Waals surface area contributed by atoms with Crippen LogP contribution in [0, 0.1) is 0 Å². The van der Waals surface area contributed by atoms with Gasteiger partial charge in [-0.05, 0) is 85.1 Å². The molecule has 0 bridgehead atoms. The summed E-state index contributed by atoms with van der Waals surface area (Å²) in [7, 11) is 0. The highest BCUT2D eigenvalue weighted by Crippen LogP contribution is 2.41. The second kappa shape index (κ2) is 11.7. The van der Waals surface area contributed by atoms with Crippen LogP contribution in [0.4, 0.5) is 0 Å². The number of fused-ring (bicyclic) bond motifs is 1. The molecule has 0 aliphatic carbocycles. The Balaban J connectivity index is 1.47. The fourth-order valence-electron chi connectivity index (χ4n) is 3.89. The minimum atomic E-state index is -0.128. The molecule has 1 aromatic heterocycles. The number of ketones is 1. The molecule has 6 nitrogen and oxygen atoms in total. The Morgan fingerprint density at radius 1 is 0.917 bits per heavy atom. The molecule has 0 saturated carbocycles. The fourth-order valence-corrected chi connectivity index (χ4v) is 5.13. The molecular weight excluding hydrogens is 474 g/mol. The third-order valence-electron chi connectivity index (χ3n) is 5.82. The predicted molar refractivity (Wildman–Crippen MR) is 143 cm³/mol. The first-order chi connectivity index (χ1) is 17.5. The second-order valence-electron chi connectivity index (χ2n) is 8.54. The molecule has 3 aromatic carbocycles. The van der Waals surface area contributed by atoms with Crippen LogP contribution in [0.2, 0.25) is 0 Å². The third kappa shape index (κ3) is 6.04. The van der Waals surface area contributed by atoms with Gasteiger partial charge in [-0.3, -0.25) is 9.59 Å². The summed E-state index contributed by atoms with van der Waals surface area (Å²) in [5, 5.41) is 23.3. The summed E-state index contributed by atoms with van der Waals surface area (Å²) in [6, 6.07) is 18.8. The lowest BCUT2D eigenvalue weighted by Crippen LogP contribution is -2.25. The van der Waals surface area contributed by atoms with E-state index in [9.17, 15) is 19.8 Å². The molecule has 0 fully saturated rings. The van der Waals surface area contributed by atoms with Crippen molar-refractivity contribution in [3.63, 3.8) is 0 Å². The predicted octanol–water partition coefficient (Wildman–Crippen LogP) is 6.29. The molecule has 7 heteroatoms. The van der Waals surface area contributed by atoms with Crippen molar-refractivity contribution in [2.75, 3.05) is 13.2 Å². The van der Waals surface area contributed by atoms with Crippen LogP contribution in [-0.2, 0) is 4.79 Å². The molecule has 0 spiro atoms. The number of unbranched alkanes of at least 4 members (excludes halogenated alkanes) is 1. The first kappa shape index (κ1) is 25.3. The minimum Gasteiger partial charge on any atom is -0.508 e. The van der Waals surface area contributed by atoms with Crippen LogP contribution in [-0.4, -0.2) is 35.1 Å². The van der Waals surface area contributed by atoms with Crippen LogP contribution >= 0.6 is 11.3 Å². The number of amides is 1. The topological polar surface area (TPSA) is 95.9 Å². The van der Waals surface area contributed by atoms with Crippen molar-refractivity contribution < 1.29 is 24.5 Å². The largest absolute Gasteiger partial charge is 0.508 e. The summed E-state index contributed by atoms with van der Waals surface area (Å²) in [4.78, 5) is 26.1. The van der Waals surface area contributed by atoms with Gasteiger partial charge >= 0.3 is 0 Å². The van der Waals surface area contributed by atoms with Crippen molar-refractivity contribution >= 4 is 33.1 Å². The standard InChI is InChI=1S/C29H29NO5S/c1-2-3-5-26(33)30-16-4-17-35-23-13-8-19(9-14-23)28(34)27-24-15-12-22(32)18-25(24)36-29(27)20-6-10-21(31)11-7-20/h6-15,18,31-32H,2-5,16-17H2,1H3,(H,30,33). The van der Waals surface area contributed by atoms with Crippen LogP contribution in [0.3, 0.4) is 0 Å². The van der Waals surface area contributed by atoms with Crippen molar-refractivity contribution in [3.8, 4) is 27.7 Å². The molecule has 3 N–H and O–H groups in total. The highest BCUT2D eigenvalue weighted by Gasteiger charge is 2.22. The number of thiophene rings is 1. The van der Waals surface area contributed by atoms with Crippen LogP contribution in [0.25, 0.3) is 20.5 Å².